The van der Waals surface area contributed by atoms with Gasteiger partial charge in [0, 0.05) is 12.1 Å². The van der Waals surface area contributed by atoms with Gasteiger partial charge in [0.05, 0.1) is 12.8 Å². The summed E-state index contributed by atoms with van der Waals surface area (Å²) in [6.45, 7) is 0. The van der Waals surface area contributed by atoms with Gasteiger partial charge in [0.1, 0.15) is 11.3 Å². The molecule has 0 atom stereocenters. The molecule has 0 saturated heterocycles. The van der Waals surface area contributed by atoms with E-state index in [1.54, 1.807) is 10.5 Å². The number of carbonyl (C=O) groups excluding carboxylic acids is 1. The number of imidazole rings is 1. The second kappa shape index (κ2) is 3.33. The van der Waals surface area contributed by atoms with Crippen LogP contribution >= 0.6 is 0 Å². The average Bonchev–Trinajstić information content (AvgIpc) is 3.07. The molecule has 1 saturated carbocycles. The maximum atomic E-state index is 11.6. The first-order valence-corrected chi connectivity index (χ1v) is 5.36. The Labute approximate surface area is 92.9 Å². The summed E-state index contributed by atoms with van der Waals surface area (Å²) in [6.07, 6.45) is 4.36. The van der Waals surface area contributed by atoms with Crippen LogP contribution in [0.15, 0.2) is 24.4 Å². The van der Waals surface area contributed by atoms with Crippen molar-refractivity contribution < 1.29 is 9.53 Å². The number of methoxy groups -OCH3 is 1. The van der Waals surface area contributed by atoms with Crippen molar-refractivity contribution in [2.45, 2.75) is 18.8 Å². The third kappa shape index (κ3) is 1.38. The van der Waals surface area contributed by atoms with Crippen LogP contribution in [0.2, 0.25) is 0 Å². The predicted molar refractivity (Wildman–Crippen MR) is 58.5 cm³/mol. The van der Waals surface area contributed by atoms with E-state index in [-0.39, 0.29) is 5.97 Å². The van der Waals surface area contributed by atoms with E-state index >= 15 is 0 Å². The molecule has 82 valence electrons. The van der Waals surface area contributed by atoms with Gasteiger partial charge in [-0.25, -0.2) is 9.78 Å². The van der Waals surface area contributed by atoms with E-state index < -0.39 is 0 Å². The molecule has 0 radical (unpaired) electrons. The lowest BCUT2D eigenvalue weighted by molar-refractivity contribution is 0.0592. The predicted octanol–water partition coefficient (Wildman–Crippen LogP) is 2.00. The molecular weight excluding hydrogens is 204 g/mol. The standard InChI is InChI=1S/C12H12N2O2/c1-16-12(15)10-3-2-4-11-13-9(7-14(10)11)8-5-6-8/h2-4,7-8H,5-6H2,1H3. The lowest BCUT2D eigenvalue weighted by Gasteiger charge is -2.01. The van der Waals surface area contributed by atoms with Crippen molar-refractivity contribution in [2.75, 3.05) is 7.11 Å². The summed E-state index contributed by atoms with van der Waals surface area (Å²) < 4.78 is 6.55. The molecule has 1 fully saturated rings. The Hall–Kier alpha value is -1.84. The summed E-state index contributed by atoms with van der Waals surface area (Å²) >= 11 is 0. The Bertz CT molecular complexity index is 555. The van der Waals surface area contributed by atoms with E-state index in [1.807, 2.05) is 18.3 Å². The van der Waals surface area contributed by atoms with Crippen molar-refractivity contribution >= 4 is 11.6 Å². The van der Waals surface area contributed by atoms with Crippen LogP contribution in [0.4, 0.5) is 0 Å². The van der Waals surface area contributed by atoms with Crippen molar-refractivity contribution in [3.05, 3.63) is 35.8 Å². The molecule has 0 unspecified atom stereocenters. The first-order valence-electron chi connectivity index (χ1n) is 5.36. The van der Waals surface area contributed by atoms with E-state index in [1.165, 1.54) is 20.0 Å². The van der Waals surface area contributed by atoms with Gasteiger partial charge in [0.15, 0.2) is 0 Å². The molecule has 0 N–H and O–H groups in total. The van der Waals surface area contributed by atoms with Gasteiger partial charge in [0.2, 0.25) is 0 Å². The normalized spacial score (nSPS) is 15.3. The van der Waals surface area contributed by atoms with Crippen molar-refractivity contribution in [1.82, 2.24) is 9.38 Å². The number of carbonyl (C=O) groups is 1. The summed E-state index contributed by atoms with van der Waals surface area (Å²) in [7, 11) is 1.39. The molecular formula is C12H12N2O2. The van der Waals surface area contributed by atoms with Gasteiger partial charge >= 0.3 is 5.97 Å². The molecule has 4 nitrogen and oxygen atoms in total. The SMILES string of the molecule is COC(=O)c1cccc2nc(C3CC3)cn12. The zero-order valence-electron chi connectivity index (χ0n) is 9.01. The molecule has 2 heterocycles. The fourth-order valence-electron chi connectivity index (χ4n) is 1.88. The van der Waals surface area contributed by atoms with Crippen molar-refractivity contribution in [1.29, 1.82) is 0 Å². The van der Waals surface area contributed by atoms with Crippen LogP contribution in [-0.4, -0.2) is 22.5 Å². The van der Waals surface area contributed by atoms with Crippen molar-refractivity contribution in [2.24, 2.45) is 0 Å². The smallest absolute Gasteiger partial charge is 0.355 e. The second-order valence-corrected chi connectivity index (χ2v) is 4.07. The Morgan fingerprint density at radius 1 is 1.50 bits per heavy atom. The largest absolute Gasteiger partial charge is 0.464 e. The minimum atomic E-state index is -0.328. The van der Waals surface area contributed by atoms with Gasteiger partial charge in [-0.15, -0.1) is 0 Å². The number of nitrogens with zero attached hydrogens (tertiary/aromatic N) is 2. The van der Waals surface area contributed by atoms with Crippen LogP contribution in [-0.2, 0) is 4.74 Å². The summed E-state index contributed by atoms with van der Waals surface area (Å²) in [5.41, 5.74) is 2.42. The van der Waals surface area contributed by atoms with Crippen LogP contribution < -0.4 is 0 Å². The van der Waals surface area contributed by atoms with E-state index in [2.05, 4.69) is 4.98 Å². The Balaban J connectivity index is 2.17. The molecule has 2 aromatic rings. The van der Waals surface area contributed by atoms with E-state index in [9.17, 15) is 4.79 Å². The maximum Gasteiger partial charge on any atom is 0.355 e. The maximum absolute atomic E-state index is 11.6. The van der Waals surface area contributed by atoms with Crippen molar-refractivity contribution in [3.8, 4) is 0 Å². The van der Waals surface area contributed by atoms with E-state index in [0.717, 1.165) is 11.3 Å². The minimum absolute atomic E-state index is 0.328. The molecule has 0 spiro atoms. The quantitative estimate of drug-likeness (QED) is 0.721. The highest BCUT2D eigenvalue weighted by molar-refractivity contribution is 5.88. The number of aromatic nitrogens is 2. The molecule has 2 aromatic heterocycles. The summed E-state index contributed by atoms with van der Waals surface area (Å²) in [5.74, 6) is 0.260. The molecule has 0 amide bonds. The third-order valence-electron chi connectivity index (χ3n) is 2.90. The van der Waals surface area contributed by atoms with Gasteiger partial charge in [-0.05, 0) is 25.0 Å². The third-order valence-corrected chi connectivity index (χ3v) is 2.90. The van der Waals surface area contributed by atoms with Gasteiger partial charge in [-0.3, -0.25) is 4.40 Å². The zero-order chi connectivity index (χ0) is 11.1. The second-order valence-electron chi connectivity index (χ2n) is 4.07. The number of hydrogen-bond donors (Lipinski definition) is 0. The monoisotopic (exact) mass is 216 g/mol. The Morgan fingerprint density at radius 3 is 3.00 bits per heavy atom. The van der Waals surface area contributed by atoms with E-state index in [0.29, 0.717) is 11.6 Å². The van der Waals surface area contributed by atoms with Crippen molar-refractivity contribution in [3.63, 3.8) is 0 Å². The lowest BCUT2D eigenvalue weighted by Crippen LogP contribution is -2.06. The van der Waals surface area contributed by atoms with Crippen LogP contribution in [0.25, 0.3) is 5.65 Å². The fourth-order valence-corrected chi connectivity index (χ4v) is 1.88. The summed E-state index contributed by atoms with van der Waals surface area (Å²) in [5, 5.41) is 0. The molecule has 0 bridgehead atoms. The zero-order valence-corrected chi connectivity index (χ0v) is 9.01. The number of rotatable bonds is 2. The molecule has 4 heteroatoms. The Kier molecular flexibility index (Phi) is 1.96. The van der Waals surface area contributed by atoms with Gasteiger partial charge in [0.25, 0.3) is 0 Å². The first kappa shape index (κ1) is 9.39. The number of hydrogen-bond acceptors (Lipinski definition) is 3. The van der Waals surface area contributed by atoms with E-state index in [4.69, 9.17) is 4.74 Å². The van der Waals surface area contributed by atoms with Gasteiger partial charge in [-0.2, -0.15) is 0 Å². The number of fused-ring (bicyclic) bond motifs is 1. The molecule has 0 aliphatic heterocycles. The summed E-state index contributed by atoms with van der Waals surface area (Å²) in [4.78, 5) is 16.1. The van der Waals surface area contributed by atoms with Crippen LogP contribution in [0.1, 0.15) is 34.9 Å². The molecule has 1 aliphatic rings. The highest BCUT2D eigenvalue weighted by Crippen LogP contribution is 2.39. The lowest BCUT2D eigenvalue weighted by atomic mass is 10.3. The van der Waals surface area contributed by atoms with Crippen LogP contribution in [0, 0.1) is 0 Å². The molecule has 3 rings (SSSR count). The average molecular weight is 216 g/mol. The number of esters is 1. The molecule has 16 heavy (non-hydrogen) atoms. The highest BCUT2D eigenvalue weighted by Gasteiger charge is 2.26. The molecule has 0 aromatic carbocycles. The number of pyridine rings is 1. The highest BCUT2D eigenvalue weighted by atomic mass is 16.5. The minimum Gasteiger partial charge on any atom is -0.464 e. The van der Waals surface area contributed by atoms with Crippen LogP contribution in [0.3, 0.4) is 0 Å². The van der Waals surface area contributed by atoms with Gasteiger partial charge < -0.3 is 4.74 Å². The fraction of sp³-hybridized carbons (Fsp3) is 0.333. The van der Waals surface area contributed by atoms with Crippen LogP contribution in [0.5, 0.6) is 0 Å². The summed E-state index contributed by atoms with van der Waals surface area (Å²) in [6, 6.07) is 5.47. The topological polar surface area (TPSA) is 43.6 Å². The number of ether oxygens (including phenoxy) is 1. The Morgan fingerprint density at radius 2 is 2.31 bits per heavy atom. The first-order chi connectivity index (χ1) is 7.79. The van der Waals surface area contributed by atoms with Gasteiger partial charge in [-0.1, -0.05) is 6.07 Å². The molecule has 1 aliphatic carbocycles.